The largest absolute Gasteiger partial charge is 0.500 e. The fourth-order valence-electron chi connectivity index (χ4n) is 2.16. The maximum atomic E-state index is 13.4. The van der Waals surface area contributed by atoms with E-state index in [2.05, 4.69) is 10.1 Å². The number of halogens is 5. The third-order valence-corrected chi connectivity index (χ3v) is 6.47. The van der Waals surface area contributed by atoms with Crippen molar-refractivity contribution in [3.8, 4) is 5.75 Å². The van der Waals surface area contributed by atoms with Crippen LogP contribution in [0.5, 0.6) is 5.75 Å². The molecular weight excluding hydrogens is 397 g/mol. The summed E-state index contributed by atoms with van der Waals surface area (Å²) in [5.74, 6) is -12.9. The van der Waals surface area contributed by atoms with Gasteiger partial charge in [0.15, 0.2) is 0 Å². The van der Waals surface area contributed by atoms with Gasteiger partial charge in [-0.3, -0.25) is 0 Å². The Bertz CT molecular complexity index is 631. The third-order valence-electron chi connectivity index (χ3n) is 3.53. The van der Waals surface area contributed by atoms with Gasteiger partial charge in [-0.25, -0.2) is 18.0 Å². The Balaban J connectivity index is 2.54. The van der Waals surface area contributed by atoms with Crippen LogP contribution in [0.3, 0.4) is 0 Å². The summed E-state index contributed by atoms with van der Waals surface area (Å²) in [6.45, 7) is 2.22. The number of ether oxygens (including phenoxy) is 1. The first kappa shape index (κ1) is 23.3. The molecule has 0 atom stereocenters. The van der Waals surface area contributed by atoms with Gasteiger partial charge in [0.05, 0.1) is 0 Å². The normalized spacial score (nSPS) is 11.6. The minimum Gasteiger partial charge on any atom is -0.404 e. The van der Waals surface area contributed by atoms with E-state index >= 15 is 0 Å². The van der Waals surface area contributed by atoms with Crippen molar-refractivity contribution in [1.29, 1.82) is 0 Å². The molecule has 0 saturated carbocycles. The van der Waals surface area contributed by atoms with Crippen molar-refractivity contribution in [2.75, 3.05) is 27.4 Å². The van der Waals surface area contributed by atoms with E-state index in [9.17, 15) is 26.7 Å². The molecule has 0 aromatic heterocycles. The molecule has 6 nitrogen and oxygen atoms in total. The summed E-state index contributed by atoms with van der Waals surface area (Å²) in [4.78, 5) is 11.5. The van der Waals surface area contributed by atoms with E-state index in [1.807, 2.05) is 0 Å². The SMILES string of the molecule is CCO[Si](CCCCNC(=O)Oc1c(F)c(F)c(F)c(F)c1F)(OC)OC. The second kappa shape index (κ2) is 10.5. The quantitative estimate of drug-likeness (QED) is 0.208. The average molecular weight is 417 g/mol. The number of amides is 1. The van der Waals surface area contributed by atoms with Crippen LogP contribution in [0.1, 0.15) is 19.8 Å². The minimum absolute atomic E-state index is 0.0261. The molecule has 1 amide bonds. The fourth-order valence-corrected chi connectivity index (χ4v) is 4.24. The minimum atomic E-state index is -2.78. The van der Waals surface area contributed by atoms with Gasteiger partial charge in [0.2, 0.25) is 34.8 Å². The van der Waals surface area contributed by atoms with Gasteiger partial charge >= 0.3 is 14.9 Å². The lowest BCUT2D eigenvalue weighted by molar-refractivity contribution is 0.103. The van der Waals surface area contributed by atoms with Gasteiger partial charge in [0.1, 0.15) is 0 Å². The van der Waals surface area contributed by atoms with Gasteiger partial charge in [-0.15, -0.1) is 0 Å². The maximum absolute atomic E-state index is 13.4. The van der Waals surface area contributed by atoms with Crippen LogP contribution in [-0.4, -0.2) is 42.3 Å². The zero-order valence-electron chi connectivity index (χ0n) is 15.0. The number of nitrogens with one attached hydrogen (secondary N) is 1. The van der Waals surface area contributed by atoms with Crippen molar-refractivity contribution in [3.63, 3.8) is 0 Å². The topological polar surface area (TPSA) is 66.0 Å². The summed E-state index contributed by atoms with van der Waals surface area (Å²) < 4.78 is 86.1. The van der Waals surface area contributed by atoms with E-state index in [0.29, 0.717) is 25.5 Å². The number of hydrogen-bond acceptors (Lipinski definition) is 5. The predicted molar refractivity (Wildman–Crippen MR) is 85.7 cm³/mol. The van der Waals surface area contributed by atoms with E-state index in [-0.39, 0.29) is 6.54 Å². The lowest BCUT2D eigenvalue weighted by atomic mass is 10.2. The Morgan fingerprint density at radius 3 is 1.93 bits per heavy atom. The standard InChI is InChI=1S/C15H20F5NO5Si/c1-4-25-27(23-2,24-3)8-6-5-7-21-15(22)26-14-12(19)10(17)9(16)11(18)13(14)20/h4-8H2,1-3H3,(H,21,22). The molecule has 0 bridgehead atoms. The number of carbonyl (C=O) groups excluding carboxylic acids is 1. The first-order valence-electron chi connectivity index (χ1n) is 7.94. The molecule has 1 rings (SSSR count). The molecule has 0 radical (unpaired) electrons. The Morgan fingerprint density at radius 2 is 1.44 bits per heavy atom. The molecule has 0 unspecified atom stereocenters. The number of unbranched alkanes of at least 4 members (excludes halogenated alkanes) is 1. The van der Waals surface area contributed by atoms with Gasteiger partial charge in [-0.1, -0.05) is 0 Å². The third kappa shape index (κ3) is 5.86. The van der Waals surface area contributed by atoms with Crippen molar-refractivity contribution in [2.24, 2.45) is 0 Å². The number of benzene rings is 1. The van der Waals surface area contributed by atoms with Crippen LogP contribution < -0.4 is 10.1 Å². The van der Waals surface area contributed by atoms with E-state index in [1.165, 1.54) is 14.2 Å². The van der Waals surface area contributed by atoms with Crippen molar-refractivity contribution >= 4 is 14.9 Å². The molecule has 12 heteroatoms. The number of rotatable bonds is 10. The summed E-state index contributed by atoms with van der Waals surface area (Å²) in [7, 11) is 0.150. The van der Waals surface area contributed by atoms with Gasteiger partial charge in [0, 0.05) is 33.4 Å². The zero-order chi connectivity index (χ0) is 20.6. The van der Waals surface area contributed by atoms with Crippen molar-refractivity contribution in [3.05, 3.63) is 29.1 Å². The monoisotopic (exact) mass is 417 g/mol. The van der Waals surface area contributed by atoms with Crippen LogP contribution in [-0.2, 0) is 13.3 Å². The molecule has 0 aliphatic carbocycles. The number of hydrogen-bond donors (Lipinski definition) is 1. The Morgan fingerprint density at radius 1 is 0.926 bits per heavy atom. The van der Waals surface area contributed by atoms with Crippen LogP contribution in [0, 0.1) is 29.1 Å². The highest BCUT2D eigenvalue weighted by Crippen LogP contribution is 2.29. The van der Waals surface area contributed by atoms with E-state index in [0.717, 1.165) is 0 Å². The fraction of sp³-hybridized carbons (Fsp3) is 0.533. The van der Waals surface area contributed by atoms with Gasteiger partial charge in [-0.05, 0) is 19.8 Å². The molecular formula is C15H20F5NO5Si. The molecule has 154 valence electrons. The second-order valence-electron chi connectivity index (χ2n) is 5.20. The van der Waals surface area contributed by atoms with Gasteiger partial charge < -0.3 is 23.3 Å². The highest BCUT2D eigenvalue weighted by molar-refractivity contribution is 6.60. The summed E-state index contributed by atoms with van der Waals surface area (Å²) >= 11 is 0. The van der Waals surface area contributed by atoms with Crippen molar-refractivity contribution in [2.45, 2.75) is 25.8 Å². The molecule has 0 spiro atoms. The molecule has 0 saturated heterocycles. The van der Waals surface area contributed by atoms with Crippen LogP contribution in [0.2, 0.25) is 6.04 Å². The second-order valence-corrected chi connectivity index (χ2v) is 8.17. The van der Waals surface area contributed by atoms with Gasteiger partial charge in [-0.2, -0.15) is 8.78 Å². The maximum Gasteiger partial charge on any atom is 0.500 e. The van der Waals surface area contributed by atoms with E-state index in [1.54, 1.807) is 6.92 Å². The highest BCUT2D eigenvalue weighted by Gasteiger charge is 2.37. The van der Waals surface area contributed by atoms with Crippen LogP contribution in [0.4, 0.5) is 26.7 Å². The molecule has 1 N–H and O–H groups in total. The van der Waals surface area contributed by atoms with Crippen LogP contribution >= 0.6 is 0 Å². The highest BCUT2D eigenvalue weighted by atomic mass is 28.4. The Kier molecular flexibility index (Phi) is 9.09. The summed E-state index contributed by atoms with van der Waals surface area (Å²) in [6.07, 6.45) is -0.428. The molecule has 1 aromatic carbocycles. The molecule has 1 aromatic rings. The molecule has 0 fully saturated rings. The van der Waals surface area contributed by atoms with E-state index in [4.69, 9.17) is 13.3 Å². The summed E-state index contributed by atoms with van der Waals surface area (Å²) in [6, 6.07) is 0.461. The average Bonchev–Trinajstić information content (AvgIpc) is 2.67. The first-order valence-corrected chi connectivity index (χ1v) is 9.87. The number of carbonyl (C=O) groups is 1. The van der Waals surface area contributed by atoms with Crippen molar-refractivity contribution in [1.82, 2.24) is 5.32 Å². The van der Waals surface area contributed by atoms with Crippen LogP contribution in [0.25, 0.3) is 0 Å². The molecule has 0 heterocycles. The molecule has 0 aliphatic heterocycles. The lowest BCUT2D eigenvalue weighted by Gasteiger charge is -2.25. The molecule has 0 aliphatic rings. The smallest absolute Gasteiger partial charge is 0.404 e. The Hall–Kier alpha value is -1.76. The summed E-state index contributed by atoms with van der Waals surface area (Å²) in [5.41, 5.74) is 0. The summed E-state index contributed by atoms with van der Waals surface area (Å²) in [5, 5.41) is 2.15. The first-order chi connectivity index (χ1) is 12.7. The van der Waals surface area contributed by atoms with Gasteiger partial charge in [0.25, 0.3) is 0 Å². The molecule has 27 heavy (non-hydrogen) atoms. The predicted octanol–water partition coefficient (Wildman–Crippen LogP) is 3.52. The zero-order valence-corrected chi connectivity index (χ0v) is 16.0. The van der Waals surface area contributed by atoms with Crippen LogP contribution in [0.15, 0.2) is 0 Å². The Labute approximate surface area is 153 Å². The van der Waals surface area contributed by atoms with E-state index < -0.39 is 49.7 Å². The van der Waals surface area contributed by atoms with Crippen molar-refractivity contribution < 1.29 is 44.8 Å². The lowest BCUT2D eigenvalue weighted by Crippen LogP contribution is -2.43.